The Labute approximate surface area is 179 Å². The minimum Gasteiger partial charge on any atom is -0.145 e. The van der Waals surface area contributed by atoms with Gasteiger partial charge in [-0.05, 0) is 116 Å². The zero-order valence-electron chi connectivity index (χ0n) is 19.2. The van der Waals surface area contributed by atoms with E-state index in [1.807, 2.05) is 34.0 Å². The Morgan fingerprint density at radius 1 is 0.259 bits per heavy atom. The van der Waals surface area contributed by atoms with Gasteiger partial charge in [0.1, 0.15) is 0 Å². The molecule has 0 nitrogen and oxygen atoms in total. The molecule has 0 saturated carbocycles. The third-order valence-corrected chi connectivity index (χ3v) is 9.45. The second-order valence-corrected chi connectivity index (χ2v) is 11.7. The highest BCUT2D eigenvalue weighted by molar-refractivity contribution is 7.12. The molecule has 0 aromatic carbocycles. The summed E-state index contributed by atoms with van der Waals surface area (Å²) in [5.41, 5.74) is 8.82. The third kappa shape index (κ3) is 6.04. The molecule has 150 valence electrons. The summed E-state index contributed by atoms with van der Waals surface area (Å²) in [5.74, 6) is 0. The molecule has 0 bridgehead atoms. The standard InChI is InChI=1S/3C8H12S/c3*1-5-6(2)8(4)9-7(5)3/h3*1-4H3. The summed E-state index contributed by atoms with van der Waals surface area (Å²) in [4.78, 5) is 8.78. The van der Waals surface area contributed by atoms with E-state index in [-0.39, 0.29) is 0 Å². The van der Waals surface area contributed by atoms with Crippen molar-refractivity contribution in [3.05, 3.63) is 62.6 Å². The Kier molecular flexibility index (Phi) is 8.98. The zero-order valence-corrected chi connectivity index (χ0v) is 21.7. The molecule has 3 rings (SSSR count). The van der Waals surface area contributed by atoms with Crippen LogP contribution in [0.15, 0.2) is 0 Å². The van der Waals surface area contributed by atoms with Crippen LogP contribution in [0.5, 0.6) is 0 Å². The van der Waals surface area contributed by atoms with Crippen LogP contribution in [-0.4, -0.2) is 0 Å². The lowest BCUT2D eigenvalue weighted by Gasteiger charge is -1.88. The highest BCUT2D eigenvalue weighted by Gasteiger charge is 2.03. The second-order valence-electron chi connectivity index (χ2n) is 7.39. The van der Waals surface area contributed by atoms with E-state index in [9.17, 15) is 0 Å². The summed E-state index contributed by atoms with van der Waals surface area (Å²) in [6.45, 7) is 26.2. The Balaban J connectivity index is 0.000000202. The molecule has 0 aliphatic rings. The Hall–Kier alpha value is -0.900. The van der Waals surface area contributed by atoms with E-state index in [1.165, 1.54) is 62.6 Å². The van der Waals surface area contributed by atoms with E-state index in [4.69, 9.17) is 0 Å². The van der Waals surface area contributed by atoms with Crippen molar-refractivity contribution in [1.29, 1.82) is 0 Å². The predicted octanol–water partition coefficient (Wildman–Crippen LogP) is 8.95. The summed E-state index contributed by atoms with van der Waals surface area (Å²) < 4.78 is 0. The first-order chi connectivity index (χ1) is 12.4. The molecular formula is C24H36S3. The normalized spacial score (nSPS) is 10.2. The first-order valence-corrected chi connectivity index (χ1v) is 11.9. The molecule has 3 aromatic rings. The van der Waals surface area contributed by atoms with Crippen molar-refractivity contribution in [2.75, 3.05) is 0 Å². The smallest absolute Gasteiger partial charge is 0.00489 e. The van der Waals surface area contributed by atoms with Crippen LogP contribution in [0.1, 0.15) is 62.6 Å². The monoisotopic (exact) mass is 420 g/mol. The van der Waals surface area contributed by atoms with E-state index < -0.39 is 0 Å². The molecule has 3 heteroatoms. The van der Waals surface area contributed by atoms with Crippen molar-refractivity contribution < 1.29 is 0 Å². The molecule has 0 spiro atoms. The van der Waals surface area contributed by atoms with Gasteiger partial charge in [-0.15, -0.1) is 34.0 Å². The Bertz CT molecular complexity index is 714. The van der Waals surface area contributed by atoms with Gasteiger partial charge in [-0.3, -0.25) is 0 Å². The van der Waals surface area contributed by atoms with Gasteiger partial charge in [-0.2, -0.15) is 0 Å². The fraction of sp³-hybridized carbons (Fsp3) is 0.500. The molecule has 0 aliphatic carbocycles. The second kappa shape index (κ2) is 10.0. The average molecular weight is 421 g/mol. The maximum Gasteiger partial charge on any atom is 0.00489 e. The van der Waals surface area contributed by atoms with Crippen molar-refractivity contribution in [2.45, 2.75) is 83.1 Å². The predicted molar refractivity (Wildman–Crippen MR) is 130 cm³/mol. The summed E-state index contributed by atoms with van der Waals surface area (Å²) >= 11 is 5.69. The molecule has 0 N–H and O–H groups in total. The van der Waals surface area contributed by atoms with Crippen LogP contribution in [0.3, 0.4) is 0 Å². The van der Waals surface area contributed by atoms with E-state index in [2.05, 4.69) is 83.1 Å². The van der Waals surface area contributed by atoms with E-state index >= 15 is 0 Å². The largest absolute Gasteiger partial charge is 0.145 e. The number of hydrogen-bond donors (Lipinski definition) is 0. The van der Waals surface area contributed by atoms with Gasteiger partial charge in [0, 0.05) is 29.3 Å². The lowest BCUT2D eigenvalue weighted by Crippen LogP contribution is -1.73. The number of hydrogen-bond acceptors (Lipinski definition) is 3. The van der Waals surface area contributed by atoms with E-state index in [0.717, 1.165) is 0 Å². The van der Waals surface area contributed by atoms with Crippen molar-refractivity contribution in [3.63, 3.8) is 0 Å². The van der Waals surface area contributed by atoms with Crippen LogP contribution in [0.2, 0.25) is 0 Å². The van der Waals surface area contributed by atoms with Gasteiger partial charge < -0.3 is 0 Å². The van der Waals surface area contributed by atoms with E-state index in [0.29, 0.717) is 0 Å². The molecule has 0 radical (unpaired) electrons. The molecule has 0 unspecified atom stereocenters. The van der Waals surface area contributed by atoms with Crippen LogP contribution in [0.4, 0.5) is 0 Å². The first-order valence-electron chi connectivity index (χ1n) is 9.47. The van der Waals surface area contributed by atoms with Gasteiger partial charge in [-0.25, -0.2) is 0 Å². The lowest BCUT2D eigenvalue weighted by atomic mass is 10.2. The molecule has 3 heterocycles. The maximum absolute atomic E-state index is 2.19. The number of rotatable bonds is 0. The molecule has 0 saturated heterocycles. The summed E-state index contributed by atoms with van der Waals surface area (Å²) in [6, 6.07) is 0. The zero-order chi connectivity index (χ0) is 21.0. The van der Waals surface area contributed by atoms with Gasteiger partial charge in [0.25, 0.3) is 0 Å². The topological polar surface area (TPSA) is 0 Å². The quantitative estimate of drug-likeness (QED) is 0.340. The fourth-order valence-electron chi connectivity index (χ4n) is 2.73. The van der Waals surface area contributed by atoms with Crippen LogP contribution in [0, 0.1) is 83.1 Å². The van der Waals surface area contributed by atoms with Crippen molar-refractivity contribution >= 4 is 34.0 Å². The Morgan fingerprint density at radius 3 is 0.407 bits per heavy atom. The number of aryl methyl sites for hydroxylation is 6. The van der Waals surface area contributed by atoms with Crippen LogP contribution in [-0.2, 0) is 0 Å². The molecule has 3 aromatic heterocycles. The van der Waals surface area contributed by atoms with Gasteiger partial charge in [-0.1, -0.05) is 0 Å². The molecule has 27 heavy (non-hydrogen) atoms. The average Bonchev–Trinajstić information content (AvgIpc) is 3.07. The van der Waals surface area contributed by atoms with Crippen molar-refractivity contribution in [3.8, 4) is 0 Å². The number of thiophene rings is 3. The van der Waals surface area contributed by atoms with E-state index in [1.54, 1.807) is 0 Å². The molecule has 0 aliphatic heterocycles. The van der Waals surface area contributed by atoms with Crippen molar-refractivity contribution in [2.24, 2.45) is 0 Å². The van der Waals surface area contributed by atoms with Crippen LogP contribution < -0.4 is 0 Å². The molecule has 0 atom stereocenters. The van der Waals surface area contributed by atoms with Crippen LogP contribution in [0.25, 0.3) is 0 Å². The lowest BCUT2D eigenvalue weighted by molar-refractivity contribution is 1.32. The SMILES string of the molecule is Cc1sc(C)c(C)c1C.Cc1sc(C)c(C)c1C.Cc1sc(C)c(C)c1C. The highest BCUT2D eigenvalue weighted by Crippen LogP contribution is 2.26. The maximum atomic E-state index is 2.19. The van der Waals surface area contributed by atoms with Gasteiger partial charge in [0.05, 0.1) is 0 Å². The first kappa shape index (κ1) is 24.1. The van der Waals surface area contributed by atoms with Crippen LogP contribution >= 0.6 is 34.0 Å². The minimum absolute atomic E-state index is 1.46. The molecule has 0 fully saturated rings. The summed E-state index contributed by atoms with van der Waals surface area (Å²) in [5, 5.41) is 0. The summed E-state index contributed by atoms with van der Waals surface area (Å²) in [6.07, 6.45) is 0. The van der Waals surface area contributed by atoms with Gasteiger partial charge >= 0.3 is 0 Å². The Morgan fingerprint density at radius 2 is 0.370 bits per heavy atom. The minimum atomic E-state index is 1.46. The molecule has 0 amide bonds. The highest BCUT2D eigenvalue weighted by atomic mass is 32.1. The van der Waals surface area contributed by atoms with Gasteiger partial charge in [0.15, 0.2) is 0 Å². The van der Waals surface area contributed by atoms with Crippen molar-refractivity contribution in [1.82, 2.24) is 0 Å². The van der Waals surface area contributed by atoms with Gasteiger partial charge in [0.2, 0.25) is 0 Å². The molecular weight excluding hydrogens is 384 g/mol. The third-order valence-electron chi connectivity index (χ3n) is 5.77. The fourth-order valence-corrected chi connectivity index (χ4v) is 5.95. The summed E-state index contributed by atoms with van der Waals surface area (Å²) in [7, 11) is 0.